The van der Waals surface area contributed by atoms with Crippen LogP contribution >= 0.6 is 11.8 Å². The molecule has 0 unspecified atom stereocenters. The zero-order valence-corrected chi connectivity index (χ0v) is 9.69. The van der Waals surface area contributed by atoms with Gasteiger partial charge >= 0.3 is 0 Å². The maximum atomic E-state index is 6.01. The van der Waals surface area contributed by atoms with Crippen LogP contribution in [0, 0.1) is 0 Å². The van der Waals surface area contributed by atoms with Crippen molar-refractivity contribution < 1.29 is 4.74 Å². The summed E-state index contributed by atoms with van der Waals surface area (Å²) >= 11 is 1.95. The summed E-state index contributed by atoms with van der Waals surface area (Å²) in [7, 11) is 0. The van der Waals surface area contributed by atoms with Crippen LogP contribution in [0.4, 0.5) is 5.69 Å². The smallest absolute Gasteiger partial charge is 0.124 e. The molecule has 15 heavy (non-hydrogen) atoms. The van der Waals surface area contributed by atoms with Crippen molar-refractivity contribution in [3.8, 4) is 5.75 Å². The SMILES string of the molecule is CC1(Oc2ccc3c(c2)CCN3)CSC1. The molecule has 1 N–H and O–H groups in total. The second kappa shape index (κ2) is 3.34. The van der Waals surface area contributed by atoms with Crippen LogP contribution in [0.2, 0.25) is 0 Å². The molecule has 2 heterocycles. The number of benzene rings is 1. The molecule has 1 aromatic rings. The zero-order valence-electron chi connectivity index (χ0n) is 8.88. The predicted octanol–water partition coefficient (Wildman–Crippen LogP) is 2.54. The molecule has 80 valence electrons. The minimum absolute atomic E-state index is 0.0743. The molecule has 0 radical (unpaired) electrons. The first-order valence-corrected chi connectivity index (χ1v) is 6.54. The first-order valence-electron chi connectivity index (χ1n) is 5.39. The van der Waals surface area contributed by atoms with E-state index >= 15 is 0 Å². The highest BCUT2D eigenvalue weighted by Gasteiger charge is 2.35. The van der Waals surface area contributed by atoms with Gasteiger partial charge in [0, 0.05) is 23.7 Å². The third kappa shape index (κ3) is 1.69. The molecule has 1 fully saturated rings. The summed E-state index contributed by atoms with van der Waals surface area (Å²) in [4.78, 5) is 0. The Morgan fingerprint density at radius 1 is 1.40 bits per heavy atom. The molecule has 0 aromatic heterocycles. The van der Waals surface area contributed by atoms with Crippen LogP contribution in [0.15, 0.2) is 18.2 Å². The minimum atomic E-state index is 0.0743. The van der Waals surface area contributed by atoms with Gasteiger partial charge in [0.2, 0.25) is 0 Å². The van der Waals surface area contributed by atoms with Crippen molar-refractivity contribution in [1.29, 1.82) is 0 Å². The van der Waals surface area contributed by atoms with Crippen LogP contribution < -0.4 is 10.1 Å². The number of hydrogen-bond donors (Lipinski definition) is 1. The summed E-state index contributed by atoms with van der Waals surface area (Å²) in [6.07, 6.45) is 1.12. The van der Waals surface area contributed by atoms with E-state index in [0.29, 0.717) is 0 Å². The van der Waals surface area contributed by atoms with E-state index in [1.807, 2.05) is 11.8 Å². The number of anilines is 1. The monoisotopic (exact) mass is 221 g/mol. The van der Waals surface area contributed by atoms with E-state index in [1.165, 1.54) is 11.3 Å². The molecule has 2 aliphatic rings. The van der Waals surface area contributed by atoms with Crippen molar-refractivity contribution in [2.24, 2.45) is 0 Å². The molecular formula is C12H15NOS. The number of ether oxygens (including phenoxy) is 1. The highest BCUT2D eigenvalue weighted by molar-refractivity contribution is 8.00. The number of rotatable bonds is 2. The van der Waals surface area contributed by atoms with Gasteiger partial charge in [-0.1, -0.05) is 0 Å². The largest absolute Gasteiger partial charge is 0.486 e. The molecule has 1 saturated heterocycles. The van der Waals surface area contributed by atoms with E-state index in [-0.39, 0.29) is 5.60 Å². The van der Waals surface area contributed by atoms with Crippen LogP contribution in [0.1, 0.15) is 12.5 Å². The highest BCUT2D eigenvalue weighted by Crippen LogP contribution is 2.35. The molecule has 3 heteroatoms. The van der Waals surface area contributed by atoms with Gasteiger partial charge in [-0.2, -0.15) is 11.8 Å². The standard InChI is InChI=1S/C12H15NOS/c1-12(7-15-8-12)14-10-2-3-11-9(6-10)4-5-13-11/h2-3,6,13H,4-5,7-8H2,1H3. The van der Waals surface area contributed by atoms with Gasteiger partial charge in [-0.3, -0.25) is 0 Å². The molecule has 2 aliphatic heterocycles. The Hall–Kier alpha value is -0.830. The number of nitrogens with one attached hydrogen (secondary N) is 1. The third-order valence-corrected chi connectivity index (χ3v) is 4.60. The molecule has 1 aromatic carbocycles. The third-order valence-electron chi connectivity index (χ3n) is 2.97. The van der Waals surface area contributed by atoms with Crippen molar-refractivity contribution in [1.82, 2.24) is 0 Å². The van der Waals surface area contributed by atoms with Crippen LogP contribution in [0.5, 0.6) is 5.75 Å². The first-order chi connectivity index (χ1) is 7.25. The van der Waals surface area contributed by atoms with Gasteiger partial charge in [0.05, 0.1) is 0 Å². The summed E-state index contributed by atoms with van der Waals surface area (Å²) in [6, 6.07) is 6.39. The van der Waals surface area contributed by atoms with Gasteiger partial charge in [0.15, 0.2) is 0 Å². The lowest BCUT2D eigenvalue weighted by molar-refractivity contribution is 0.129. The highest BCUT2D eigenvalue weighted by atomic mass is 32.2. The van der Waals surface area contributed by atoms with E-state index in [0.717, 1.165) is 30.2 Å². The average Bonchev–Trinajstić information content (AvgIpc) is 2.62. The Bertz CT molecular complexity index is 387. The molecule has 0 bridgehead atoms. The van der Waals surface area contributed by atoms with Gasteiger partial charge in [-0.15, -0.1) is 0 Å². The fraction of sp³-hybridized carbons (Fsp3) is 0.500. The van der Waals surface area contributed by atoms with E-state index < -0.39 is 0 Å². The maximum absolute atomic E-state index is 6.01. The Morgan fingerprint density at radius 3 is 3.00 bits per heavy atom. The molecule has 0 amide bonds. The van der Waals surface area contributed by atoms with Crippen LogP contribution in [0.3, 0.4) is 0 Å². The topological polar surface area (TPSA) is 21.3 Å². The van der Waals surface area contributed by atoms with Crippen molar-refractivity contribution in [2.45, 2.75) is 18.9 Å². The normalized spacial score (nSPS) is 21.4. The zero-order chi connectivity index (χ0) is 10.3. The van der Waals surface area contributed by atoms with Crippen molar-refractivity contribution in [2.75, 3.05) is 23.4 Å². The van der Waals surface area contributed by atoms with Gasteiger partial charge in [-0.05, 0) is 37.1 Å². The maximum Gasteiger partial charge on any atom is 0.124 e. The summed E-state index contributed by atoms with van der Waals surface area (Å²) in [6.45, 7) is 3.25. The Kier molecular flexibility index (Phi) is 2.09. The van der Waals surface area contributed by atoms with E-state index in [4.69, 9.17) is 4.74 Å². The molecular weight excluding hydrogens is 206 g/mol. The molecule has 0 spiro atoms. The fourth-order valence-corrected chi connectivity index (χ4v) is 2.97. The minimum Gasteiger partial charge on any atom is -0.486 e. The summed E-state index contributed by atoms with van der Waals surface area (Å²) in [5.74, 6) is 3.25. The summed E-state index contributed by atoms with van der Waals surface area (Å²) < 4.78 is 6.01. The second-order valence-corrected chi connectivity index (χ2v) is 5.53. The van der Waals surface area contributed by atoms with Crippen LogP contribution in [-0.2, 0) is 6.42 Å². The molecule has 0 aliphatic carbocycles. The van der Waals surface area contributed by atoms with Gasteiger partial charge in [0.1, 0.15) is 11.4 Å². The Morgan fingerprint density at radius 2 is 2.27 bits per heavy atom. The first kappa shape index (κ1) is 9.40. The van der Waals surface area contributed by atoms with Gasteiger partial charge < -0.3 is 10.1 Å². The van der Waals surface area contributed by atoms with E-state index in [9.17, 15) is 0 Å². The Labute approximate surface area is 94.4 Å². The lowest BCUT2D eigenvalue weighted by Crippen LogP contribution is -2.45. The van der Waals surface area contributed by atoms with Gasteiger partial charge in [0.25, 0.3) is 0 Å². The molecule has 2 nitrogen and oxygen atoms in total. The lowest BCUT2D eigenvalue weighted by Gasteiger charge is -2.37. The second-order valence-electron chi connectivity index (χ2n) is 4.54. The van der Waals surface area contributed by atoms with Crippen molar-refractivity contribution in [3.05, 3.63) is 23.8 Å². The number of fused-ring (bicyclic) bond motifs is 1. The quantitative estimate of drug-likeness (QED) is 0.829. The van der Waals surface area contributed by atoms with E-state index in [2.05, 4.69) is 30.4 Å². The summed E-state index contributed by atoms with van der Waals surface area (Å²) in [5.41, 5.74) is 2.74. The Balaban J connectivity index is 1.81. The van der Waals surface area contributed by atoms with Crippen LogP contribution in [0.25, 0.3) is 0 Å². The predicted molar refractivity (Wildman–Crippen MR) is 65.0 cm³/mol. The fourth-order valence-electron chi connectivity index (χ4n) is 2.08. The number of thioether (sulfide) groups is 1. The van der Waals surface area contributed by atoms with Crippen molar-refractivity contribution in [3.63, 3.8) is 0 Å². The molecule has 3 rings (SSSR count). The lowest BCUT2D eigenvalue weighted by atomic mass is 10.1. The van der Waals surface area contributed by atoms with Gasteiger partial charge in [-0.25, -0.2) is 0 Å². The molecule has 0 saturated carbocycles. The average molecular weight is 221 g/mol. The van der Waals surface area contributed by atoms with E-state index in [1.54, 1.807) is 0 Å². The summed E-state index contributed by atoms with van der Waals surface area (Å²) in [5, 5.41) is 3.36. The van der Waals surface area contributed by atoms with Crippen LogP contribution in [-0.4, -0.2) is 23.7 Å². The molecule has 0 atom stereocenters. The van der Waals surface area contributed by atoms with Crippen molar-refractivity contribution >= 4 is 17.4 Å². The number of hydrogen-bond acceptors (Lipinski definition) is 3.